The van der Waals surface area contributed by atoms with Crippen LogP contribution in [0.3, 0.4) is 0 Å². The van der Waals surface area contributed by atoms with Gasteiger partial charge in [0.25, 0.3) is 0 Å². The van der Waals surface area contributed by atoms with Gasteiger partial charge in [0.05, 0.1) is 10.2 Å². The van der Waals surface area contributed by atoms with E-state index in [2.05, 4.69) is 152 Å². The van der Waals surface area contributed by atoms with E-state index in [0.29, 0.717) is 0 Å². The summed E-state index contributed by atoms with van der Waals surface area (Å²) in [5.41, 5.74) is 8.96. The van der Waals surface area contributed by atoms with Crippen LogP contribution in [0.5, 0.6) is 0 Å². The molecule has 0 atom stereocenters. The van der Waals surface area contributed by atoms with Crippen LogP contribution in [0.25, 0.3) is 108 Å². The van der Waals surface area contributed by atoms with Crippen LogP contribution in [0.2, 0.25) is 0 Å². The van der Waals surface area contributed by atoms with E-state index in [9.17, 15) is 0 Å². The second-order valence-electron chi connectivity index (χ2n) is 13.0. The first kappa shape index (κ1) is 27.6. The maximum Gasteiger partial charge on any atom is 0.135 e. The maximum absolute atomic E-state index is 6.20. The molecule has 9 aromatic carbocycles. The fourth-order valence-corrected chi connectivity index (χ4v) is 9.16. The third-order valence-corrected chi connectivity index (χ3v) is 11.4. The van der Waals surface area contributed by atoms with Crippen molar-refractivity contribution >= 4 is 86.6 Å². The highest BCUT2D eigenvalue weighted by Crippen LogP contribution is 2.46. The minimum absolute atomic E-state index is 0.913. The normalized spacial score (nSPS) is 12.0. The van der Waals surface area contributed by atoms with Crippen LogP contribution >= 0.6 is 11.3 Å². The van der Waals surface area contributed by atoms with Gasteiger partial charge in [0, 0.05) is 21.7 Å². The SMILES string of the molecule is c1ccc(-c2nc3ccc4ccc5cc(-c6c7ccccc7c(-c7ccc8oc9ccccc9c8c7)c7ccccc67)ccc5c4c3s2)cc1. The fraction of sp³-hybridized carbons (Fsp3) is 0. The molecular formula is C47H27NOS. The van der Waals surface area contributed by atoms with Crippen molar-refractivity contribution in [3.05, 3.63) is 164 Å². The van der Waals surface area contributed by atoms with Gasteiger partial charge in [0.15, 0.2) is 0 Å². The summed E-state index contributed by atoms with van der Waals surface area (Å²) in [5, 5.41) is 13.3. The van der Waals surface area contributed by atoms with Gasteiger partial charge in [-0.3, -0.25) is 0 Å². The van der Waals surface area contributed by atoms with E-state index in [4.69, 9.17) is 9.40 Å². The molecule has 0 saturated heterocycles. The molecule has 0 N–H and O–H groups in total. The Morgan fingerprint density at radius 2 is 0.980 bits per heavy atom. The number of furan rings is 1. The summed E-state index contributed by atoms with van der Waals surface area (Å²) in [6.07, 6.45) is 0. The monoisotopic (exact) mass is 653 g/mol. The van der Waals surface area contributed by atoms with Crippen LogP contribution in [0.4, 0.5) is 0 Å². The zero-order valence-corrected chi connectivity index (χ0v) is 27.7. The van der Waals surface area contributed by atoms with Gasteiger partial charge in [-0.15, -0.1) is 11.3 Å². The Labute approximate surface area is 291 Å². The average Bonchev–Trinajstić information content (AvgIpc) is 3.79. The average molecular weight is 654 g/mol. The van der Waals surface area contributed by atoms with Crippen molar-refractivity contribution in [2.45, 2.75) is 0 Å². The van der Waals surface area contributed by atoms with Crippen LogP contribution in [-0.4, -0.2) is 4.98 Å². The van der Waals surface area contributed by atoms with E-state index in [1.807, 2.05) is 12.1 Å². The van der Waals surface area contributed by atoms with Gasteiger partial charge in [-0.25, -0.2) is 4.98 Å². The van der Waals surface area contributed by atoms with E-state index in [1.165, 1.54) is 70.0 Å². The molecule has 11 aromatic rings. The molecule has 2 aromatic heterocycles. The number of thiazole rings is 1. The number of nitrogens with zero attached hydrogens (tertiary/aromatic N) is 1. The van der Waals surface area contributed by atoms with E-state index in [0.717, 1.165) is 38.0 Å². The fourth-order valence-electron chi connectivity index (χ4n) is 8.02. The van der Waals surface area contributed by atoms with Crippen molar-refractivity contribution in [1.29, 1.82) is 0 Å². The van der Waals surface area contributed by atoms with Crippen molar-refractivity contribution in [2.75, 3.05) is 0 Å². The first-order chi connectivity index (χ1) is 24.8. The van der Waals surface area contributed by atoms with E-state index in [-0.39, 0.29) is 0 Å². The molecule has 0 saturated carbocycles. The second-order valence-corrected chi connectivity index (χ2v) is 14.0. The summed E-state index contributed by atoms with van der Waals surface area (Å²) in [4.78, 5) is 5.05. The summed E-state index contributed by atoms with van der Waals surface area (Å²) in [5.74, 6) is 0. The zero-order chi connectivity index (χ0) is 32.8. The largest absolute Gasteiger partial charge is 0.456 e. The summed E-state index contributed by atoms with van der Waals surface area (Å²) in [6.45, 7) is 0. The Morgan fingerprint density at radius 1 is 0.400 bits per heavy atom. The Balaban J connectivity index is 1.15. The third kappa shape index (κ3) is 4.05. The molecule has 2 heterocycles. The van der Waals surface area contributed by atoms with E-state index < -0.39 is 0 Å². The Kier molecular flexibility index (Phi) is 5.86. The molecule has 232 valence electrons. The standard InChI is InChI=1S/C47H27NOS/c1-2-10-29(11-3-1)47-48-40-24-21-28-18-19-30-26-31(20-23-33(30)45(28)46(40)50-47)43-35-13-4-6-15-37(35)44(38-16-7-5-14-36(38)43)32-22-25-42-39(27-32)34-12-8-9-17-41(34)49-42/h1-27H. The highest BCUT2D eigenvalue weighted by Gasteiger charge is 2.19. The van der Waals surface area contributed by atoms with Crippen LogP contribution in [-0.2, 0) is 0 Å². The Hall–Kier alpha value is -6.29. The predicted octanol–water partition coefficient (Wildman–Crippen LogP) is 13.8. The molecule has 0 radical (unpaired) electrons. The van der Waals surface area contributed by atoms with E-state index >= 15 is 0 Å². The van der Waals surface area contributed by atoms with Crippen molar-refractivity contribution in [3.63, 3.8) is 0 Å². The molecule has 50 heavy (non-hydrogen) atoms. The van der Waals surface area contributed by atoms with Crippen molar-refractivity contribution in [2.24, 2.45) is 0 Å². The minimum Gasteiger partial charge on any atom is -0.456 e. The maximum atomic E-state index is 6.20. The van der Waals surface area contributed by atoms with Crippen molar-refractivity contribution < 1.29 is 4.42 Å². The van der Waals surface area contributed by atoms with Crippen molar-refractivity contribution in [1.82, 2.24) is 4.98 Å². The number of rotatable bonds is 3. The van der Waals surface area contributed by atoms with Crippen molar-refractivity contribution in [3.8, 4) is 32.8 Å². The number of benzene rings is 9. The van der Waals surface area contributed by atoms with Crippen LogP contribution in [0.15, 0.2) is 168 Å². The molecule has 0 bridgehead atoms. The first-order valence-electron chi connectivity index (χ1n) is 17.0. The summed E-state index contributed by atoms with van der Waals surface area (Å²) >= 11 is 1.78. The summed E-state index contributed by atoms with van der Waals surface area (Å²) < 4.78 is 7.44. The molecule has 0 unspecified atom stereocenters. The van der Waals surface area contributed by atoms with Crippen LogP contribution in [0.1, 0.15) is 0 Å². The molecule has 0 fully saturated rings. The second kappa shape index (κ2) is 10.6. The van der Waals surface area contributed by atoms with Gasteiger partial charge in [0.2, 0.25) is 0 Å². The highest BCUT2D eigenvalue weighted by molar-refractivity contribution is 7.22. The molecule has 3 heteroatoms. The van der Waals surface area contributed by atoms with Gasteiger partial charge >= 0.3 is 0 Å². The minimum atomic E-state index is 0.913. The number of fused-ring (bicyclic) bond motifs is 10. The summed E-state index contributed by atoms with van der Waals surface area (Å²) in [7, 11) is 0. The molecule has 0 aliphatic rings. The predicted molar refractivity (Wildman–Crippen MR) is 213 cm³/mol. The van der Waals surface area contributed by atoms with Gasteiger partial charge in [-0.05, 0) is 90.3 Å². The lowest BCUT2D eigenvalue weighted by atomic mass is 9.85. The smallest absolute Gasteiger partial charge is 0.135 e. The van der Waals surface area contributed by atoms with Crippen LogP contribution in [0, 0.1) is 0 Å². The number of hydrogen-bond acceptors (Lipinski definition) is 3. The lowest BCUT2D eigenvalue weighted by Crippen LogP contribution is -1.91. The Bertz CT molecular complexity index is 3090. The molecule has 11 rings (SSSR count). The summed E-state index contributed by atoms with van der Waals surface area (Å²) in [6, 6.07) is 59.1. The third-order valence-electron chi connectivity index (χ3n) is 10.3. The molecule has 0 aliphatic heterocycles. The van der Waals surface area contributed by atoms with Gasteiger partial charge in [-0.1, -0.05) is 133 Å². The van der Waals surface area contributed by atoms with Gasteiger partial charge in [0.1, 0.15) is 16.2 Å². The number of aromatic nitrogens is 1. The number of hydrogen-bond donors (Lipinski definition) is 0. The van der Waals surface area contributed by atoms with Gasteiger partial charge in [-0.2, -0.15) is 0 Å². The van der Waals surface area contributed by atoms with Gasteiger partial charge < -0.3 is 4.42 Å². The quantitative estimate of drug-likeness (QED) is 0.140. The Morgan fingerprint density at radius 3 is 1.72 bits per heavy atom. The topological polar surface area (TPSA) is 26.0 Å². The molecule has 0 aliphatic carbocycles. The van der Waals surface area contributed by atoms with E-state index in [1.54, 1.807) is 11.3 Å². The molecule has 2 nitrogen and oxygen atoms in total. The molecular weight excluding hydrogens is 627 g/mol. The molecule has 0 spiro atoms. The van der Waals surface area contributed by atoms with Crippen LogP contribution < -0.4 is 0 Å². The number of para-hydroxylation sites is 1. The zero-order valence-electron chi connectivity index (χ0n) is 26.9. The lowest BCUT2D eigenvalue weighted by molar-refractivity contribution is 0.669. The molecule has 0 amide bonds. The highest BCUT2D eigenvalue weighted by atomic mass is 32.1. The first-order valence-corrected chi connectivity index (χ1v) is 17.8. The lowest BCUT2D eigenvalue weighted by Gasteiger charge is -2.18.